The molecule has 0 radical (unpaired) electrons. The van der Waals surface area contributed by atoms with Gasteiger partial charge >= 0.3 is 0 Å². The number of nitrogens with one attached hydrogen (secondary N) is 1. The Balaban J connectivity index is 1.75. The van der Waals surface area contributed by atoms with Crippen LogP contribution in [0.5, 0.6) is 17.2 Å². The van der Waals surface area contributed by atoms with Gasteiger partial charge in [-0.05, 0) is 43.7 Å². The molecule has 0 aliphatic heterocycles. The SMILES string of the molecule is COc1ccc(Cn2ncc(C)c2NC(=O)C(C)Oc2cccc(Cl)c2Cl)cc1OC. The highest BCUT2D eigenvalue weighted by molar-refractivity contribution is 6.42. The molecule has 0 saturated carbocycles. The lowest BCUT2D eigenvalue weighted by Gasteiger charge is -2.17. The number of benzene rings is 2. The van der Waals surface area contributed by atoms with Crippen LogP contribution in [0.2, 0.25) is 10.0 Å². The van der Waals surface area contributed by atoms with E-state index in [1.165, 1.54) is 0 Å². The van der Waals surface area contributed by atoms with Crippen LogP contribution in [-0.2, 0) is 11.3 Å². The third-order valence-corrected chi connectivity index (χ3v) is 5.43. The summed E-state index contributed by atoms with van der Waals surface area (Å²) in [7, 11) is 3.17. The van der Waals surface area contributed by atoms with Crippen molar-refractivity contribution in [2.24, 2.45) is 0 Å². The lowest BCUT2D eigenvalue weighted by atomic mass is 10.2. The third-order valence-electron chi connectivity index (χ3n) is 4.63. The van der Waals surface area contributed by atoms with Gasteiger partial charge in [-0.1, -0.05) is 35.3 Å². The van der Waals surface area contributed by atoms with Gasteiger partial charge in [-0.25, -0.2) is 4.68 Å². The number of hydrogen-bond donors (Lipinski definition) is 1. The summed E-state index contributed by atoms with van der Waals surface area (Å²) >= 11 is 12.2. The van der Waals surface area contributed by atoms with Gasteiger partial charge in [-0.3, -0.25) is 4.79 Å². The average molecular weight is 464 g/mol. The number of anilines is 1. The first-order valence-electron chi connectivity index (χ1n) is 9.48. The molecule has 0 aliphatic rings. The highest BCUT2D eigenvalue weighted by Gasteiger charge is 2.20. The van der Waals surface area contributed by atoms with Crippen LogP contribution >= 0.6 is 23.2 Å². The van der Waals surface area contributed by atoms with Crippen molar-refractivity contribution in [3.63, 3.8) is 0 Å². The van der Waals surface area contributed by atoms with Crippen LogP contribution in [-0.4, -0.2) is 36.0 Å². The van der Waals surface area contributed by atoms with E-state index in [0.29, 0.717) is 34.6 Å². The Labute approximate surface area is 190 Å². The number of amides is 1. The molecule has 164 valence electrons. The van der Waals surface area contributed by atoms with Crippen molar-refractivity contribution in [3.8, 4) is 17.2 Å². The smallest absolute Gasteiger partial charge is 0.266 e. The average Bonchev–Trinajstić information content (AvgIpc) is 3.10. The van der Waals surface area contributed by atoms with Crippen LogP contribution in [0.4, 0.5) is 5.82 Å². The van der Waals surface area contributed by atoms with Crippen molar-refractivity contribution in [1.82, 2.24) is 9.78 Å². The first kappa shape index (κ1) is 22.8. The largest absolute Gasteiger partial charge is 0.493 e. The Morgan fingerprint density at radius 1 is 1.13 bits per heavy atom. The van der Waals surface area contributed by atoms with E-state index in [0.717, 1.165) is 11.1 Å². The quantitative estimate of drug-likeness (QED) is 0.510. The normalized spacial score (nSPS) is 11.7. The van der Waals surface area contributed by atoms with Crippen molar-refractivity contribution in [2.45, 2.75) is 26.5 Å². The predicted molar refractivity (Wildman–Crippen MR) is 121 cm³/mol. The van der Waals surface area contributed by atoms with Gasteiger partial charge in [-0.2, -0.15) is 5.10 Å². The van der Waals surface area contributed by atoms with E-state index in [1.54, 1.807) is 50.2 Å². The molecule has 3 aromatic rings. The molecule has 31 heavy (non-hydrogen) atoms. The summed E-state index contributed by atoms with van der Waals surface area (Å²) in [5.41, 5.74) is 1.76. The fraction of sp³-hybridized carbons (Fsp3) is 0.273. The second-order valence-electron chi connectivity index (χ2n) is 6.82. The van der Waals surface area contributed by atoms with Gasteiger partial charge < -0.3 is 19.5 Å². The van der Waals surface area contributed by atoms with Crippen molar-refractivity contribution in [2.75, 3.05) is 19.5 Å². The Morgan fingerprint density at radius 2 is 1.87 bits per heavy atom. The summed E-state index contributed by atoms with van der Waals surface area (Å²) in [5, 5.41) is 7.89. The minimum absolute atomic E-state index is 0.262. The van der Waals surface area contributed by atoms with Gasteiger partial charge in [0.15, 0.2) is 17.6 Å². The van der Waals surface area contributed by atoms with E-state index in [2.05, 4.69) is 10.4 Å². The minimum atomic E-state index is -0.806. The molecule has 7 nitrogen and oxygen atoms in total. The highest BCUT2D eigenvalue weighted by Crippen LogP contribution is 2.32. The van der Waals surface area contributed by atoms with Crippen molar-refractivity contribution < 1.29 is 19.0 Å². The second kappa shape index (κ2) is 9.94. The minimum Gasteiger partial charge on any atom is -0.493 e. The van der Waals surface area contributed by atoms with Gasteiger partial charge in [0.2, 0.25) is 0 Å². The first-order valence-corrected chi connectivity index (χ1v) is 10.2. The summed E-state index contributed by atoms with van der Waals surface area (Å²) in [6, 6.07) is 10.6. The van der Waals surface area contributed by atoms with E-state index in [4.69, 9.17) is 37.4 Å². The summed E-state index contributed by atoms with van der Waals surface area (Å²) < 4.78 is 18.0. The molecular weight excluding hydrogens is 441 g/mol. The van der Waals surface area contributed by atoms with E-state index in [1.807, 2.05) is 25.1 Å². The third kappa shape index (κ3) is 5.24. The molecule has 0 fully saturated rings. The molecule has 2 aromatic carbocycles. The molecule has 0 saturated heterocycles. The number of rotatable bonds is 8. The number of carbonyl (C=O) groups excluding carboxylic acids is 1. The van der Waals surface area contributed by atoms with Crippen molar-refractivity contribution in [1.29, 1.82) is 0 Å². The number of halogens is 2. The van der Waals surface area contributed by atoms with Gasteiger partial charge in [-0.15, -0.1) is 0 Å². The van der Waals surface area contributed by atoms with Crippen LogP contribution in [0.25, 0.3) is 0 Å². The van der Waals surface area contributed by atoms with Gasteiger partial charge in [0.05, 0.1) is 32.0 Å². The second-order valence-corrected chi connectivity index (χ2v) is 7.61. The summed E-state index contributed by atoms with van der Waals surface area (Å²) in [6.45, 7) is 3.93. The molecule has 1 atom stereocenters. The molecule has 0 aliphatic carbocycles. The monoisotopic (exact) mass is 463 g/mol. The number of ether oxygens (including phenoxy) is 3. The van der Waals surface area contributed by atoms with Crippen LogP contribution in [0, 0.1) is 6.92 Å². The van der Waals surface area contributed by atoms with Crippen molar-refractivity contribution in [3.05, 3.63) is 63.8 Å². The number of methoxy groups -OCH3 is 2. The number of nitrogens with zero attached hydrogens (tertiary/aromatic N) is 2. The maximum Gasteiger partial charge on any atom is 0.266 e. The van der Waals surface area contributed by atoms with E-state index in [9.17, 15) is 4.79 Å². The Morgan fingerprint density at radius 3 is 2.58 bits per heavy atom. The fourth-order valence-corrected chi connectivity index (χ4v) is 3.29. The predicted octanol–water partition coefficient (Wildman–Crippen LogP) is 4.97. The lowest BCUT2D eigenvalue weighted by Crippen LogP contribution is -2.31. The molecule has 1 N–H and O–H groups in total. The molecule has 0 spiro atoms. The molecule has 1 unspecified atom stereocenters. The topological polar surface area (TPSA) is 74.6 Å². The van der Waals surface area contributed by atoms with Crippen molar-refractivity contribution >= 4 is 34.9 Å². The Hall–Kier alpha value is -2.90. The van der Waals surface area contributed by atoms with Gasteiger partial charge in [0, 0.05) is 5.56 Å². The standard InChI is InChI=1S/C22H23Cl2N3O4/c1-13-11-25-27(12-15-8-9-17(29-3)19(10-15)30-4)21(13)26-22(28)14(2)31-18-7-5-6-16(23)20(18)24/h5-11,14H,12H2,1-4H3,(H,26,28). The maximum atomic E-state index is 12.8. The lowest BCUT2D eigenvalue weighted by molar-refractivity contribution is -0.122. The highest BCUT2D eigenvalue weighted by atomic mass is 35.5. The van der Waals surface area contributed by atoms with Crippen LogP contribution in [0.1, 0.15) is 18.1 Å². The Bertz CT molecular complexity index is 1080. The molecule has 1 amide bonds. The molecule has 9 heteroatoms. The molecule has 0 bridgehead atoms. The molecular formula is C22H23Cl2N3O4. The zero-order valence-corrected chi connectivity index (χ0v) is 19.1. The maximum absolute atomic E-state index is 12.8. The summed E-state index contributed by atoms with van der Waals surface area (Å²) in [4.78, 5) is 12.8. The van der Waals surface area contributed by atoms with Crippen LogP contribution in [0.3, 0.4) is 0 Å². The molecule has 3 rings (SSSR count). The molecule has 1 heterocycles. The van der Waals surface area contributed by atoms with Crippen LogP contribution < -0.4 is 19.5 Å². The number of hydrogen-bond acceptors (Lipinski definition) is 5. The number of aromatic nitrogens is 2. The van der Waals surface area contributed by atoms with E-state index >= 15 is 0 Å². The van der Waals surface area contributed by atoms with Gasteiger partial charge in [0.25, 0.3) is 5.91 Å². The van der Waals surface area contributed by atoms with E-state index < -0.39 is 6.10 Å². The summed E-state index contributed by atoms with van der Waals surface area (Å²) in [5.74, 6) is 1.84. The zero-order chi connectivity index (χ0) is 22.5. The summed E-state index contributed by atoms with van der Waals surface area (Å²) in [6.07, 6.45) is 0.884. The Kier molecular flexibility index (Phi) is 7.30. The number of aryl methyl sites for hydroxylation is 1. The van der Waals surface area contributed by atoms with E-state index in [-0.39, 0.29) is 10.9 Å². The molecule has 1 aromatic heterocycles. The first-order chi connectivity index (χ1) is 14.8. The van der Waals surface area contributed by atoms with Gasteiger partial charge in [0.1, 0.15) is 16.6 Å². The van der Waals surface area contributed by atoms with Crippen LogP contribution in [0.15, 0.2) is 42.6 Å². The zero-order valence-electron chi connectivity index (χ0n) is 17.6. The number of carbonyl (C=O) groups is 1. The fourth-order valence-electron chi connectivity index (χ4n) is 2.95.